The number of piperidine rings is 1. The van der Waals surface area contributed by atoms with Crippen molar-refractivity contribution in [1.29, 1.82) is 0 Å². The molecule has 1 atom stereocenters. The van der Waals surface area contributed by atoms with Crippen molar-refractivity contribution >= 4 is 10.9 Å². The minimum atomic E-state index is 0.259. The molecule has 1 aliphatic heterocycles. The van der Waals surface area contributed by atoms with Crippen LogP contribution in [-0.4, -0.2) is 24.2 Å². The van der Waals surface area contributed by atoms with E-state index in [1.807, 2.05) is 0 Å². The zero-order chi connectivity index (χ0) is 12.9. The molecular weight excluding hydrogens is 236 g/mol. The molecule has 0 saturated carbocycles. The Balaban J connectivity index is 1.88. The van der Waals surface area contributed by atoms with E-state index < -0.39 is 0 Å². The van der Waals surface area contributed by atoms with Gasteiger partial charge in [-0.2, -0.15) is 0 Å². The predicted octanol–water partition coefficient (Wildman–Crippen LogP) is 2.79. The summed E-state index contributed by atoms with van der Waals surface area (Å²) in [6.07, 6.45) is 8.35. The molecule has 3 nitrogen and oxygen atoms in total. The molecule has 1 saturated heterocycles. The van der Waals surface area contributed by atoms with Crippen LogP contribution in [0.25, 0.3) is 10.9 Å². The van der Waals surface area contributed by atoms with Crippen LogP contribution in [0.3, 0.4) is 0 Å². The van der Waals surface area contributed by atoms with Gasteiger partial charge in [0.1, 0.15) is 5.75 Å². The Kier molecular flexibility index (Phi) is 2.39. The van der Waals surface area contributed by atoms with E-state index in [1.165, 1.54) is 41.3 Å². The zero-order valence-electron chi connectivity index (χ0n) is 11.4. The molecular formula is C16H20N2O. The van der Waals surface area contributed by atoms with Gasteiger partial charge in [-0.15, -0.1) is 0 Å². The maximum Gasteiger partial charge on any atom is 0.122 e. The highest BCUT2D eigenvalue weighted by molar-refractivity contribution is 5.90. The summed E-state index contributed by atoms with van der Waals surface area (Å²) in [5.41, 5.74) is 4.34. The highest BCUT2D eigenvalue weighted by atomic mass is 16.5. The fourth-order valence-corrected chi connectivity index (χ4v) is 3.96. The van der Waals surface area contributed by atoms with Crippen molar-refractivity contribution in [3.63, 3.8) is 0 Å². The molecule has 2 N–H and O–H groups in total. The summed E-state index contributed by atoms with van der Waals surface area (Å²) in [5.74, 6) is 1.04. The van der Waals surface area contributed by atoms with Gasteiger partial charge in [0.25, 0.3) is 0 Å². The van der Waals surface area contributed by atoms with Crippen molar-refractivity contribution in [3.05, 3.63) is 29.5 Å². The van der Waals surface area contributed by atoms with Crippen LogP contribution < -0.4 is 10.1 Å². The van der Waals surface area contributed by atoms with Crippen LogP contribution in [-0.2, 0) is 12.8 Å². The monoisotopic (exact) mass is 256 g/mol. The van der Waals surface area contributed by atoms with Crippen molar-refractivity contribution < 1.29 is 4.74 Å². The Labute approximate surface area is 113 Å². The molecule has 100 valence electrons. The van der Waals surface area contributed by atoms with E-state index in [-0.39, 0.29) is 5.54 Å². The van der Waals surface area contributed by atoms with Crippen LogP contribution in [0, 0.1) is 0 Å². The lowest BCUT2D eigenvalue weighted by atomic mass is 9.74. The predicted molar refractivity (Wildman–Crippen MR) is 76.8 cm³/mol. The minimum absolute atomic E-state index is 0.259. The second kappa shape index (κ2) is 4.01. The Morgan fingerprint density at radius 3 is 2.95 bits per heavy atom. The van der Waals surface area contributed by atoms with Gasteiger partial charge in [-0.25, -0.2) is 0 Å². The van der Waals surface area contributed by atoms with Gasteiger partial charge in [0, 0.05) is 28.2 Å². The Morgan fingerprint density at radius 1 is 1.21 bits per heavy atom. The first-order valence-corrected chi connectivity index (χ1v) is 7.22. The van der Waals surface area contributed by atoms with Crippen LogP contribution >= 0.6 is 0 Å². The normalized spacial score (nSPS) is 25.9. The van der Waals surface area contributed by atoms with Crippen molar-refractivity contribution in [2.24, 2.45) is 0 Å². The third-order valence-electron chi connectivity index (χ3n) is 4.84. The lowest BCUT2D eigenvalue weighted by molar-refractivity contribution is 0.244. The van der Waals surface area contributed by atoms with Gasteiger partial charge in [0.2, 0.25) is 0 Å². The summed E-state index contributed by atoms with van der Waals surface area (Å²) in [7, 11) is 1.78. The summed E-state index contributed by atoms with van der Waals surface area (Å²) in [4.78, 5) is 3.41. The first-order valence-electron chi connectivity index (χ1n) is 7.22. The molecule has 1 aromatic carbocycles. The first-order chi connectivity index (χ1) is 9.31. The van der Waals surface area contributed by atoms with Crippen LogP contribution in [0.2, 0.25) is 0 Å². The van der Waals surface area contributed by atoms with Gasteiger partial charge >= 0.3 is 0 Å². The second-order valence-corrected chi connectivity index (χ2v) is 6.00. The summed E-state index contributed by atoms with van der Waals surface area (Å²) in [5, 5.41) is 5.19. The van der Waals surface area contributed by atoms with Crippen LogP contribution in [0.15, 0.2) is 18.3 Å². The molecule has 1 unspecified atom stereocenters. The standard InChI is InChI=1S/C16H20N2O/c1-19-14-5-4-13-15-11(10-17-13)8-16(9-12(14)15)6-2-3-7-18-16/h4-5,10,17-18H,2-3,6-9H2,1H3. The summed E-state index contributed by atoms with van der Waals surface area (Å²) in [6, 6.07) is 4.23. The molecule has 3 heteroatoms. The minimum Gasteiger partial charge on any atom is -0.496 e. The average Bonchev–Trinajstić information content (AvgIpc) is 2.84. The molecule has 4 rings (SSSR count). The number of methoxy groups -OCH3 is 1. The summed E-state index contributed by atoms with van der Waals surface area (Å²) in [6.45, 7) is 1.15. The maximum absolute atomic E-state index is 5.59. The molecule has 1 aromatic heterocycles. The molecule has 2 aromatic rings. The number of ether oxygens (including phenoxy) is 1. The van der Waals surface area contributed by atoms with E-state index in [2.05, 4.69) is 28.6 Å². The van der Waals surface area contributed by atoms with Crippen LogP contribution in [0.5, 0.6) is 5.75 Å². The number of aromatic nitrogens is 1. The number of H-pyrrole nitrogens is 1. The number of aromatic amines is 1. The maximum atomic E-state index is 5.59. The lowest BCUT2D eigenvalue weighted by Gasteiger charge is -2.41. The van der Waals surface area contributed by atoms with Crippen molar-refractivity contribution in [1.82, 2.24) is 10.3 Å². The molecule has 2 heterocycles. The quantitative estimate of drug-likeness (QED) is 0.823. The van der Waals surface area contributed by atoms with Gasteiger partial charge in [0.05, 0.1) is 7.11 Å². The third-order valence-corrected chi connectivity index (χ3v) is 4.84. The Morgan fingerprint density at radius 2 is 2.16 bits per heavy atom. The fraction of sp³-hybridized carbons (Fsp3) is 0.500. The highest BCUT2D eigenvalue weighted by Gasteiger charge is 2.37. The molecule has 0 bridgehead atoms. The van der Waals surface area contributed by atoms with Gasteiger partial charge < -0.3 is 15.0 Å². The number of hydrogen-bond donors (Lipinski definition) is 2. The van der Waals surface area contributed by atoms with E-state index in [9.17, 15) is 0 Å². The second-order valence-electron chi connectivity index (χ2n) is 6.00. The van der Waals surface area contributed by atoms with E-state index in [0.29, 0.717) is 0 Å². The van der Waals surface area contributed by atoms with E-state index in [4.69, 9.17) is 4.74 Å². The van der Waals surface area contributed by atoms with E-state index in [0.717, 1.165) is 25.1 Å². The Hall–Kier alpha value is -1.48. The Bertz CT molecular complexity index is 623. The average molecular weight is 256 g/mol. The highest BCUT2D eigenvalue weighted by Crippen LogP contribution is 2.41. The topological polar surface area (TPSA) is 37.0 Å². The molecule has 1 fully saturated rings. The molecule has 1 spiro atoms. The smallest absolute Gasteiger partial charge is 0.122 e. The van der Waals surface area contributed by atoms with Crippen LogP contribution in [0.1, 0.15) is 30.4 Å². The van der Waals surface area contributed by atoms with Crippen molar-refractivity contribution in [3.8, 4) is 5.75 Å². The molecule has 19 heavy (non-hydrogen) atoms. The van der Waals surface area contributed by atoms with Crippen molar-refractivity contribution in [2.45, 2.75) is 37.6 Å². The van der Waals surface area contributed by atoms with Gasteiger partial charge in [0.15, 0.2) is 0 Å². The summed E-state index contributed by atoms with van der Waals surface area (Å²) < 4.78 is 5.59. The van der Waals surface area contributed by atoms with Gasteiger partial charge in [-0.3, -0.25) is 0 Å². The zero-order valence-corrected chi connectivity index (χ0v) is 11.4. The molecule has 0 amide bonds. The largest absolute Gasteiger partial charge is 0.496 e. The van der Waals surface area contributed by atoms with E-state index >= 15 is 0 Å². The molecule has 0 radical (unpaired) electrons. The number of benzene rings is 1. The number of hydrogen-bond acceptors (Lipinski definition) is 2. The van der Waals surface area contributed by atoms with E-state index in [1.54, 1.807) is 7.11 Å². The molecule has 2 aliphatic rings. The van der Waals surface area contributed by atoms with Crippen LogP contribution in [0.4, 0.5) is 0 Å². The van der Waals surface area contributed by atoms with Gasteiger partial charge in [-0.1, -0.05) is 6.42 Å². The SMILES string of the molecule is COc1ccc2[nH]cc3c2c1CC1(CCCCN1)C3. The number of nitrogens with one attached hydrogen (secondary N) is 2. The summed E-state index contributed by atoms with van der Waals surface area (Å²) >= 11 is 0. The van der Waals surface area contributed by atoms with Gasteiger partial charge in [-0.05, 0) is 49.9 Å². The number of rotatable bonds is 1. The molecule has 1 aliphatic carbocycles. The first kappa shape index (κ1) is 11.4. The fourth-order valence-electron chi connectivity index (χ4n) is 3.96. The lowest BCUT2D eigenvalue weighted by Crippen LogP contribution is -2.53. The third kappa shape index (κ3) is 1.61. The van der Waals surface area contributed by atoms with Crippen molar-refractivity contribution in [2.75, 3.05) is 13.7 Å².